The second kappa shape index (κ2) is 4.01. The summed E-state index contributed by atoms with van der Waals surface area (Å²) in [5.74, 6) is 0. The minimum Gasteiger partial charge on any atom is -0.369 e. The number of hydrogen-bond donors (Lipinski definition) is 1. The summed E-state index contributed by atoms with van der Waals surface area (Å²) in [6.07, 6.45) is 2.30. The molecular formula is C12H18N2. The first-order chi connectivity index (χ1) is 6.86. The van der Waals surface area contributed by atoms with Gasteiger partial charge in [-0.25, -0.2) is 0 Å². The summed E-state index contributed by atoms with van der Waals surface area (Å²) in [5.41, 5.74) is 10.0. The second-order valence-corrected chi connectivity index (χ2v) is 3.80. The second-order valence-electron chi connectivity index (χ2n) is 3.80. The minimum absolute atomic E-state index is 0.748. The maximum atomic E-state index is 5.62. The molecule has 76 valence electrons. The number of anilines is 1. The molecule has 0 amide bonds. The molecule has 1 aromatic rings. The Morgan fingerprint density at radius 1 is 1.43 bits per heavy atom. The van der Waals surface area contributed by atoms with Gasteiger partial charge in [0.15, 0.2) is 0 Å². The lowest BCUT2D eigenvalue weighted by Crippen LogP contribution is -2.28. The number of fused-ring (bicyclic) bond motifs is 1. The summed E-state index contributed by atoms with van der Waals surface area (Å²) < 4.78 is 0. The Morgan fingerprint density at radius 3 is 3.00 bits per heavy atom. The monoisotopic (exact) mass is 190 g/mol. The van der Waals surface area contributed by atoms with Gasteiger partial charge < -0.3 is 10.6 Å². The number of benzene rings is 1. The Balaban J connectivity index is 2.35. The van der Waals surface area contributed by atoms with E-state index in [4.69, 9.17) is 5.73 Å². The first-order valence-corrected chi connectivity index (χ1v) is 5.42. The van der Waals surface area contributed by atoms with Crippen LogP contribution in [0.3, 0.4) is 0 Å². The molecule has 0 saturated heterocycles. The van der Waals surface area contributed by atoms with Gasteiger partial charge in [0.1, 0.15) is 0 Å². The molecule has 2 N–H and O–H groups in total. The molecule has 0 unspecified atom stereocenters. The van der Waals surface area contributed by atoms with Crippen molar-refractivity contribution < 1.29 is 0 Å². The molecule has 1 aromatic carbocycles. The Morgan fingerprint density at radius 2 is 2.29 bits per heavy atom. The summed E-state index contributed by atoms with van der Waals surface area (Å²) in [4.78, 5) is 2.42. The first kappa shape index (κ1) is 9.53. The summed E-state index contributed by atoms with van der Waals surface area (Å²) in [5, 5.41) is 0. The van der Waals surface area contributed by atoms with E-state index in [1.54, 1.807) is 0 Å². The van der Waals surface area contributed by atoms with Crippen molar-refractivity contribution in [2.75, 3.05) is 24.5 Å². The van der Waals surface area contributed by atoms with Crippen LogP contribution >= 0.6 is 0 Å². The average Bonchev–Trinajstić information content (AvgIpc) is 2.62. The van der Waals surface area contributed by atoms with Gasteiger partial charge in [-0.2, -0.15) is 0 Å². The van der Waals surface area contributed by atoms with E-state index in [1.807, 2.05) is 0 Å². The van der Waals surface area contributed by atoms with Gasteiger partial charge in [0.05, 0.1) is 0 Å². The summed E-state index contributed by atoms with van der Waals surface area (Å²) in [7, 11) is 0. The van der Waals surface area contributed by atoms with Crippen molar-refractivity contribution in [2.24, 2.45) is 5.73 Å². The van der Waals surface area contributed by atoms with E-state index in [0.29, 0.717) is 0 Å². The molecule has 1 aliphatic heterocycles. The highest BCUT2D eigenvalue weighted by Gasteiger charge is 2.20. The average molecular weight is 190 g/mol. The highest BCUT2D eigenvalue weighted by atomic mass is 15.2. The fourth-order valence-electron chi connectivity index (χ4n) is 2.28. The fraction of sp³-hybridized carbons (Fsp3) is 0.500. The number of para-hydroxylation sites is 1. The lowest BCUT2D eigenvalue weighted by atomic mass is 10.1. The molecule has 1 aliphatic rings. The zero-order chi connectivity index (χ0) is 9.97. The summed E-state index contributed by atoms with van der Waals surface area (Å²) in [6.45, 7) is 5.10. The number of nitrogens with two attached hydrogens (primary N) is 1. The Labute approximate surface area is 85.7 Å². The molecule has 0 spiro atoms. The third kappa shape index (κ3) is 1.50. The van der Waals surface area contributed by atoms with Crippen LogP contribution in [0, 0.1) is 0 Å². The van der Waals surface area contributed by atoms with Gasteiger partial charge in [0.25, 0.3) is 0 Å². The number of aryl methyl sites for hydroxylation is 1. The van der Waals surface area contributed by atoms with Crippen molar-refractivity contribution in [1.29, 1.82) is 0 Å². The van der Waals surface area contributed by atoms with Gasteiger partial charge >= 0.3 is 0 Å². The van der Waals surface area contributed by atoms with E-state index in [1.165, 1.54) is 23.2 Å². The van der Waals surface area contributed by atoms with E-state index in [-0.39, 0.29) is 0 Å². The topological polar surface area (TPSA) is 29.3 Å². The third-order valence-corrected chi connectivity index (χ3v) is 2.95. The van der Waals surface area contributed by atoms with Crippen molar-refractivity contribution >= 4 is 5.69 Å². The molecule has 2 rings (SSSR count). The molecule has 1 heterocycles. The standard InChI is InChI=1S/C12H18N2/c1-2-10-4-3-5-11-6-8-14(9-7-13)12(10)11/h3-5H,2,6-9,13H2,1H3. The zero-order valence-electron chi connectivity index (χ0n) is 8.79. The van der Waals surface area contributed by atoms with Crippen molar-refractivity contribution in [1.82, 2.24) is 0 Å². The maximum Gasteiger partial charge on any atom is 0.0432 e. The molecule has 0 fully saturated rings. The molecule has 0 atom stereocenters. The number of rotatable bonds is 3. The molecule has 0 aliphatic carbocycles. The molecule has 0 aromatic heterocycles. The smallest absolute Gasteiger partial charge is 0.0432 e. The van der Waals surface area contributed by atoms with E-state index < -0.39 is 0 Å². The summed E-state index contributed by atoms with van der Waals surface area (Å²) >= 11 is 0. The molecule has 14 heavy (non-hydrogen) atoms. The quantitative estimate of drug-likeness (QED) is 0.784. The van der Waals surface area contributed by atoms with Gasteiger partial charge in [-0.05, 0) is 24.0 Å². The van der Waals surface area contributed by atoms with Crippen LogP contribution in [0.1, 0.15) is 18.1 Å². The molecule has 0 bridgehead atoms. The van der Waals surface area contributed by atoms with Crippen molar-refractivity contribution in [2.45, 2.75) is 19.8 Å². The normalized spacial score (nSPS) is 14.6. The highest BCUT2D eigenvalue weighted by Crippen LogP contribution is 2.31. The Hall–Kier alpha value is -1.02. The van der Waals surface area contributed by atoms with Crippen LogP contribution in [0.25, 0.3) is 0 Å². The van der Waals surface area contributed by atoms with Crippen molar-refractivity contribution in [3.8, 4) is 0 Å². The SMILES string of the molecule is CCc1cccc2c1N(CCN)CC2. The Bertz CT molecular complexity index is 318. The highest BCUT2D eigenvalue weighted by molar-refractivity contribution is 5.63. The van der Waals surface area contributed by atoms with Crippen LogP contribution in [0.15, 0.2) is 18.2 Å². The van der Waals surface area contributed by atoms with Crippen LogP contribution in [0.4, 0.5) is 5.69 Å². The lowest BCUT2D eigenvalue weighted by Gasteiger charge is -2.20. The van der Waals surface area contributed by atoms with E-state index in [0.717, 1.165) is 26.1 Å². The summed E-state index contributed by atoms with van der Waals surface area (Å²) in [6, 6.07) is 6.64. The predicted octanol–water partition coefficient (Wildman–Crippen LogP) is 1.57. The maximum absolute atomic E-state index is 5.62. The fourth-order valence-corrected chi connectivity index (χ4v) is 2.28. The van der Waals surface area contributed by atoms with Crippen molar-refractivity contribution in [3.63, 3.8) is 0 Å². The van der Waals surface area contributed by atoms with Crippen LogP contribution in [0.5, 0.6) is 0 Å². The lowest BCUT2D eigenvalue weighted by molar-refractivity contribution is 0.817. The van der Waals surface area contributed by atoms with Gasteiger partial charge in [-0.3, -0.25) is 0 Å². The largest absolute Gasteiger partial charge is 0.369 e. The van der Waals surface area contributed by atoms with Gasteiger partial charge in [-0.15, -0.1) is 0 Å². The molecule has 0 radical (unpaired) electrons. The van der Waals surface area contributed by atoms with Gasteiger partial charge in [0, 0.05) is 25.3 Å². The molecular weight excluding hydrogens is 172 g/mol. The van der Waals surface area contributed by atoms with Crippen LogP contribution < -0.4 is 10.6 Å². The molecule has 2 heteroatoms. The van der Waals surface area contributed by atoms with Gasteiger partial charge in [-0.1, -0.05) is 25.1 Å². The first-order valence-electron chi connectivity index (χ1n) is 5.42. The van der Waals surface area contributed by atoms with Crippen LogP contribution in [-0.4, -0.2) is 19.6 Å². The Kier molecular flexibility index (Phi) is 2.73. The van der Waals surface area contributed by atoms with E-state index in [2.05, 4.69) is 30.0 Å². The van der Waals surface area contributed by atoms with Crippen LogP contribution in [0.2, 0.25) is 0 Å². The predicted molar refractivity (Wildman–Crippen MR) is 60.8 cm³/mol. The van der Waals surface area contributed by atoms with Crippen LogP contribution in [-0.2, 0) is 12.8 Å². The van der Waals surface area contributed by atoms with Gasteiger partial charge in [0.2, 0.25) is 0 Å². The minimum atomic E-state index is 0.748. The number of nitrogens with zero attached hydrogens (tertiary/aromatic N) is 1. The number of hydrogen-bond acceptors (Lipinski definition) is 2. The van der Waals surface area contributed by atoms with E-state index in [9.17, 15) is 0 Å². The molecule has 2 nitrogen and oxygen atoms in total. The van der Waals surface area contributed by atoms with Crippen molar-refractivity contribution in [3.05, 3.63) is 29.3 Å². The zero-order valence-corrected chi connectivity index (χ0v) is 8.79. The van der Waals surface area contributed by atoms with E-state index >= 15 is 0 Å². The third-order valence-electron chi connectivity index (χ3n) is 2.95. The molecule has 0 saturated carbocycles.